The summed E-state index contributed by atoms with van der Waals surface area (Å²) < 4.78 is 2.13. The number of carbonyl (C=O) groups excluding carboxylic acids is 1. The first-order chi connectivity index (χ1) is 13.5. The molecule has 1 aliphatic carbocycles. The van der Waals surface area contributed by atoms with Gasteiger partial charge in [0.1, 0.15) is 6.33 Å². The van der Waals surface area contributed by atoms with E-state index in [0.717, 1.165) is 41.2 Å². The van der Waals surface area contributed by atoms with E-state index in [1.54, 1.807) is 6.33 Å². The van der Waals surface area contributed by atoms with Crippen molar-refractivity contribution < 1.29 is 4.79 Å². The Hall–Kier alpha value is -2.96. The van der Waals surface area contributed by atoms with Gasteiger partial charge in [-0.25, -0.2) is 0 Å². The van der Waals surface area contributed by atoms with Crippen LogP contribution in [0, 0.1) is 13.8 Å². The Morgan fingerprint density at radius 1 is 1.29 bits per heavy atom. The fraction of sp³-hybridized carbons (Fsp3) is 0.429. The van der Waals surface area contributed by atoms with Crippen LogP contribution in [0.15, 0.2) is 30.6 Å². The number of nitrogens with zero attached hydrogens (tertiary/aromatic N) is 4. The van der Waals surface area contributed by atoms with Gasteiger partial charge in [0, 0.05) is 22.9 Å². The molecule has 1 atom stereocenters. The van der Waals surface area contributed by atoms with Gasteiger partial charge in [-0.05, 0) is 51.3 Å². The first kappa shape index (κ1) is 18.4. The summed E-state index contributed by atoms with van der Waals surface area (Å²) in [6, 6.07) is 7.88. The fourth-order valence-electron chi connectivity index (χ4n) is 4.16. The number of benzene rings is 1. The second kappa shape index (κ2) is 7.58. The molecule has 1 saturated carbocycles. The predicted octanol–water partition coefficient (Wildman–Crippen LogP) is 3.89. The third-order valence-corrected chi connectivity index (χ3v) is 5.60. The Bertz CT molecular complexity index is 963. The summed E-state index contributed by atoms with van der Waals surface area (Å²) >= 11 is 0. The highest BCUT2D eigenvalue weighted by Crippen LogP contribution is 2.31. The molecule has 1 fully saturated rings. The average molecular weight is 378 g/mol. The van der Waals surface area contributed by atoms with Crippen molar-refractivity contribution in [2.75, 3.05) is 0 Å². The van der Waals surface area contributed by atoms with Crippen LogP contribution in [0.2, 0.25) is 0 Å². The molecule has 146 valence electrons. The van der Waals surface area contributed by atoms with Gasteiger partial charge in [-0.15, -0.1) is 10.2 Å². The highest BCUT2D eigenvalue weighted by atomic mass is 16.1. The van der Waals surface area contributed by atoms with E-state index < -0.39 is 0 Å². The number of nitrogens with one attached hydrogen (secondary N) is 2. The molecule has 7 heteroatoms. The Morgan fingerprint density at radius 2 is 2.07 bits per heavy atom. The lowest BCUT2D eigenvalue weighted by Crippen LogP contribution is -2.29. The van der Waals surface area contributed by atoms with Gasteiger partial charge in [-0.2, -0.15) is 5.10 Å². The number of hydrogen-bond acceptors (Lipinski definition) is 4. The van der Waals surface area contributed by atoms with Crippen LogP contribution in [0.3, 0.4) is 0 Å². The van der Waals surface area contributed by atoms with E-state index in [2.05, 4.69) is 30.3 Å². The molecule has 4 rings (SSSR count). The standard InChI is InChI=1S/C21H26N6O/c1-13-19(14(2)25-24-13)16-7-6-8-17(11-16)21(28)23-15(3)20-26-22-12-27(20)18-9-4-5-10-18/h6-8,11-12,15,18H,4-5,9-10H2,1-3H3,(H,23,28)(H,24,25). The lowest BCUT2D eigenvalue weighted by Gasteiger charge is -2.19. The number of aromatic nitrogens is 5. The first-order valence-electron chi connectivity index (χ1n) is 9.87. The number of hydrogen-bond donors (Lipinski definition) is 2. The van der Waals surface area contributed by atoms with Crippen molar-refractivity contribution in [1.29, 1.82) is 0 Å². The number of carbonyl (C=O) groups is 1. The molecule has 1 aliphatic rings. The topological polar surface area (TPSA) is 88.5 Å². The Kier molecular flexibility index (Phi) is 4.98. The molecule has 7 nitrogen and oxygen atoms in total. The zero-order chi connectivity index (χ0) is 19.7. The highest BCUT2D eigenvalue weighted by molar-refractivity contribution is 5.95. The van der Waals surface area contributed by atoms with E-state index in [0.29, 0.717) is 11.6 Å². The molecular weight excluding hydrogens is 352 g/mol. The van der Waals surface area contributed by atoms with E-state index in [9.17, 15) is 4.79 Å². The molecule has 0 saturated heterocycles. The largest absolute Gasteiger partial charge is 0.342 e. The van der Waals surface area contributed by atoms with Crippen molar-refractivity contribution in [3.8, 4) is 11.1 Å². The molecule has 1 unspecified atom stereocenters. The summed E-state index contributed by atoms with van der Waals surface area (Å²) in [6.07, 6.45) is 6.57. The third kappa shape index (κ3) is 3.44. The van der Waals surface area contributed by atoms with Gasteiger partial charge in [0.25, 0.3) is 5.91 Å². The molecule has 28 heavy (non-hydrogen) atoms. The Morgan fingerprint density at radius 3 is 2.79 bits per heavy atom. The molecule has 0 bridgehead atoms. The van der Waals surface area contributed by atoms with Crippen molar-refractivity contribution >= 4 is 5.91 Å². The third-order valence-electron chi connectivity index (χ3n) is 5.60. The number of aromatic amines is 1. The summed E-state index contributed by atoms with van der Waals surface area (Å²) in [5.74, 6) is 0.701. The minimum atomic E-state index is -0.211. The van der Waals surface area contributed by atoms with Crippen LogP contribution in [0.1, 0.15) is 72.3 Å². The van der Waals surface area contributed by atoms with Crippen LogP contribution in [-0.2, 0) is 0 Å². The molecule has 3 aromatic rings. The molecule has 1 amide bonds. The molecule has 0 spiro atoms. The van der Waals surface area contributed by atoms with E-state index in [1.165, 1.54) is 12.8 Å². The quantitative estimate of drug-likeness (QED) is 0.705. The molecule has 2 aromatic heterocycles. The molecule has 2 N–H and O–H groups in total. The van der Waals surface area contributed by atoms with Crippen molar-refractivity contribution in [3.05, 3.63) is 53.4 Å². The van der Waals surface area contributed by atoms with Crippen molar-refractivity contribution in [1.82, 2.24) is 30.3 Å². The number of amides is 1. The maximum atomic E-state index is 12.9. The van der Waals surface area contributed by atoms with E-state index in [4.69, 9.17) is 0 Å². The molecule has 0 radical (unpaired) electrons. The zero-order valence-electron chi connectivity index (χ0n) is 16.6. The zero-order valence-corrected chi connectivity index (χ0v) is 16.6. The number of aryl methyl sites for hydroxylation is 2. The number of rotatable bonds is 5. The van der Waals surface area contributed by atoms with Crippen LogP contribution in [-0.4, -0.2) is 30.9 Å². The highest BCUT2D eigenvalue weighted by Gasteiger charge is 2.24. The number of H-pyrrole nitrogens is 1. The van der Waals surface area contributed by atoms with E-state index >= 15 is 0 Å². The van der Waals surface area contributed by atoms with Gasteiger partial charge < -0.3 is 9.88 Å². The Labute approximate surface area is 164 Å². The molecule has 1 aromatic carbocycles. The minimum Gasteiger partial charge on any atom is -0.342 e. The van der Waals surface area contributed by atoms with Gasteiger partial charge >= 0.3 is 0 Å². The first-order valence-corrected chi connectivity index (χ1v) is 9.87. The van der Waals surface area contributed by atoms with Crippen molar-refractivity contribution in [2.24, 2.45) is 0 Å². The molecule has 0 aliphatic heterocycles. The summed E-state index contributed by atoms with van der Waals surface area (Å²) in [4.78, 5) is 12.9. The summed E-state index contributed by atoms with van der Waals surface area (Å²) in [6.45, 7) is 5.91. The maximum absolute atomic E-state index is 12.9. The van der Waals surface area contributed by atoms with E-state index in [-0.39, 0.29) is 11.9 Å². The summed E-state index contributed by atoms with van der Waals surface area (Å²) in [5.41, 5.74) is 4.57. The predicted molar refractivity (Wildman–Crippen MR) is 107 cm³/mol. The lowest BCUT2D eigenvalue weighted by atomic mass is 10.0. The smallest absolute Gasteiger partial charge is 0.251 e. The normalized spacial score (nSPS) is 15.7. The van der Waals surface area contributed by atoms with Crippen LogP contribution in [0.25, 0.3) is 11.1 Å². The minimum absolute atomic E-state index is 0.117. The maximum Gasteiger partial charge on any atom is 0.251 e. The van der Waals surface area contributed by atoms with E-state index in [1.807, 2.05) is 45.0 Å². The molecular formula is C21H26N6O. The van der Waals surface area contributed by atoms with Crippen LogP contribution < -0.4 is 5.32 Å². The monoisotopic (exact) mass is 378 g/mol. The van der Waals surface area contributed by atoms with Gasteiger partial charge in [0.2, 0.25) is 0 Å². The van der Waals surface area contributed by atoms with Gasteiger partial charge in [-0.1, -0.05) is 25.0 Å². The fourth-order valence-corrected chi connectivity index (χ4v) is 4.16. The van der Waals surface area contributed by atoms with Crippen LogP contribution >= 0.6 is 0 Å². The van der Waals surface area contributed by atoms with Gasteiger partial charge in [0.05, 0.1) is 11.7 Å². The summed E-state index contributed by atoms with van der Waals surface area (Å²) in [5, 5.41) is 18.7. The van der Waals surface area contributed by atoms with Gasteiger partial charge in [0.15, 0.2) is 5.82 Å². The SMILES string of the molecule is Cc1n[nH]c(C)c1-c1cccc(C(=O)NC(C)c2nncn2C2CCCC2)c1. The Balaban J connectivity index is 1.53. The second-order valence-corrected chi connectivity index (χ2v) is 7.62. The lowest BCUT2D eigenvalue weighted by molar-refractivity contribution is 0.0937. The molecule has 2 heterocycles. The van der Waals surface area contributed by atoms with Gasteiger partial charge in [-0.3, -0.25) is 9.89 Å². The average Bonchev–Trinajstić information content (AvgIpc) is 3.42. The van der Waals surface area contributed by atoms with Crippen molar-refractivity contribution in [3.63, 3.8) is 0 Å². The van der Waals surface area contributed by atoms with Crippen LogP contribution in [0.4, 0.5) is 0 Å². The van der Waals surface area contributed by atoms with Crippen LogP contribution in [0.5, 0.6) is 0 Å². The van der Waals surface area contributed by atoms with Crippen molar-refractivity contribution in [2.45, 2.75) is 58.5 Å². The summed E-state index contributed by atoms with van der Waals surface area (Å²) in [7, 11) is 0. The second-order valence-electron chi connectivity index (χ2n) is 7.62.